The van der Waals surface area contributed by atoms with Crippen molar-refractivity contribution in [1.82, 2.24) is 4.90 Å². The van der Waals surface area contributed by atoms with Gasteiger partial charge in [0.25, 0.3) is 0 Å². The van der Waals surface area contributed by atoms with Gasteiger partial charge in [-0.05, 0) is 30.2 Å². The lowest BCUT2D eigenvalue weighted by atomic mass is 9.86. The molecule has 7 heteroatoms. The van der Waals surface area contributed by atoms with E-state index in [1.165, 1.54) is 17.3 Å². The Labute approximate surface area is 206 Å². The van der Waals surface area contributed by atoms with Crippen molar-refractivity contribution >= 4 is 34.1 Å². The molecule has 180 valence electrons. The lowest BCUT2D eigenvalue weighted by Crippen LogP contribution is -2.39. The van der Waals surface area contributed by atoms with Crippen LogP contribution in [0.3, 0.4) is 0 Å². The monoisotopic (exact) mass is 478 g/mol. The topological polar surface area (TPSA) is 66.3 Å². The zero-order valence-corrected chi connectivity index (χ0v) is 21.5. The molecule has 0 unspecified atom stereocenters. The van der Waals surface area contributed by atoms with Gasteiger partial charge in [-0.2, -0.15) is 0 Å². The van der Waals surface area contributed by atoms with Crippen molar-refractivity contribution in [3.63, 3.8) is 0 Å². The number of thioether (sulfide) groups is 1. The maximum atomic E-state index is 12.7. The van der Waals surface area contributed by atoms with E-state index in [1.807, 2.05) is 24.3 Å². The summed E-state index contributed by atoms with van der Waals surface area (Å²) in [5.74, 6) is 0.904. The lowest BCUT2D eigenvalue weighted by Gasteiger charge is -2.33. The lowest BCUT2D eigenvalue weighted by molar-refractivity contribution is -0.113. The molecule has 2 heterocycles. The third kappa shape index (κ3) is 5.70. The molecule has 1 N–H and O–H groups in total. The van der Waals surface area contributed by atoms with Gasteiger partial charge in [0.1, 0.15) is 10.8 Å². The summed E-state index contributed by atoms with van der Waals surface area (Å²) in [4.78, 5) is 25.3. The van der Waals surface area contributed by atoms with Crippen molar-refractivity contribution in [2.75, 3.05) is 38.3 Å². The summed E-state index contributed by atoms with van der Waals surface area (Å²) in [5, 5.41) is 3.81. The second kappa shape index (κ2) is 9.92. The first kappa shape index (κ1) is 24.5. The van der Waals surface area contributed by atoms with Crippen LogP contribution in [0.4, 0.5) is 5.69 Å². The Morgan fingerprint density at radius 3 is 2.47 bits per heavy atom. The molecule has 1 spiro atoms. The summed E-state index contributed by atoms with van der Waals surface area (Å²) in [5.41, 5.74) is 3.66. The van der Waals surface area contributed by atoms with Crippen molar-refractivity contribution in [2.24, 2.45) is 9.98 Å². The number of benzene rings is 2. The predicted octanol–water partition coefficient (Wildman–Crippen LogP) is 4.99. The number of nitrogens with zero attached hydrogens (tertiary/aromatic N) is 3. The minimum absolute atomic E-state index is 0.0762. The van der Waals surface area contributed by atoms with E-state index in [9.17, 15) is 4.79 Å². The molecule has 2 aromatic carbocycles. The number of carbonyl (C=O) groups is 1. The average molecular weight is 479 g/mol. The number of ether oxygens (including phenoxy) is 1. The summed E-state index contributed by atoms with van der Waals surface area (Å²) in [6.07, 6.45) is 1.79. The molecule has 2 aliphatic heterocycles. The van der Waals surface area contributed by atoms with Gasteiger partial charge in [0, 0.05) is 43.2 Å². The quantitative estimate of drug-likeness (QED) is 0.658. The van der Waals surface area contributed by atoms with Crippen LogP contribution in [0, 0.1) is 0 Å². The third-order valence-corrected chi connectivity index (χ3v) is 7.30. The van der Waals surface area contributed by atoms with E-state index in [-0.39, 0.29) is 17.1 Å². The molecule has 34 heavy (non-hydrogen) atoms. The number of piperidine rings is 1. The van der Waals surface area contributed by atoms with Crippen molar-refractivity contribution in [2.45, 2.75) is 44.7 Å². The van der Waals surface area contributed by atoms with Crippen LogP contribution < -0.4 is 10.1 Å². The zero-order chi connectivity index (χ0) is 24.3. The van der Waals surface area contributed by atoms with Crippen LogP contribution in [0.1, 0.15) is 44.7 Å². The first-order valence-electron chi connectivity index (χ1n) is 11.7. The maximum absolute atomic E-state index is 12.7. The number of anilines is 1. The van der Waals surface area contributed by atoms with Crippen LogP contribution in [-0.2, 0) is 10.2 Å². The SMILES string of the molecule is COc1cccc(NC(=O)CSC2=NC3(CCN(C)CC3)N=C2c2ccc(C(C)(C)C)cc2)c1. The van der Waals surface area contributed by atoms with Crippen LogP contribution >= 0.6 is 11.8 Å². The van der Waals surface area contributed by atoms with Crippen LogP contribution in [0.5, 0.6) is 5.75 Å². The Morgan fingerprint density at radius 1 is 1.12 bits per heavy atom. The highest BCUT2D eigenvalue weighted by molar-refractivity contribution is 8.16. The normalized spacial score (nSPS) is 17.9. The molecular weight excluding hydrogens is 444 g/mol. The van der Waals surface area contributed by atoms with E-state index in [0.717, 1.165) is 47.9 Å². The second-order valence-corrected chi connectivity index (χ2v) is 11.0. The van der Waals surface area contributed by atoms with E-state index >= 15 is 0 Å². The molecule has 0 atom stereocenters. The van der Waals surface area contributed by atoms with Gasteiger partial charge in [0.15, 0.2) is 5.66 Å². The molecule has 0 aromatic heterocycles. The van der Waals surface area contributed by atoms with Crippen molar-refractivity contribution in [3.05, 3.63) is 59.7 Å². The van der Waals surface area contributed by atoms with Gasteiger partial charge in [0.2, 0.25) is 5.91 Å². The fraction of sp³-hybridized carbons (Fsp3) is 0.444. The summed E-state index contributed by atoms with van der Waals surface area (Å²) in [6.45, 7) is 8.58. The Balaban J connectivity index is 1.52. The van der Waals surface area contributed by atoms with Crippen LogP contribution in [0.15, 0.2) is 58.5 Å². The number of rotatable bonds is 5. The Morgan fingerprint density at radius 2 is 1.82 bits per heavy atom. The number of amides is 1. The maximum Gasteiger partial charge on any atom is 0.234 e. The van der Waals surface area contributed by atoms with Gasteiger partial charge >= 0.3 is 0 Å². The number of hydrogen-bond donors (Lipinski definition) is 1. The highest BCUT2D eigenvalue weighted by Crippen LogP contribution is 2.35. The van der Waals surface area contributed by atoms with Gasteiger partial charge in [-0.25, -0.2) is 4.99 Å². The molecule has 2 aliphatic rings. The predicted molar refractivity (Wildman–Crippen MR) is 143 cm³/mol. The number of carbonyl (C=O) groups excluding carboxylic acids is 1. The molecule has 0 bridgehead atoms. The highest BCUT2D eigenvalue weighted by Gasteiger charge is 2.39. The Hall–Kier alpha value is -2.64. The van der Waals surface area contributed by atoms with E-state index in [0.29, 0.717) is 5.75 Å². The van der Waals surface area contributed by atoms with Gasteiger partial charge in [-0.1, -0.05) is 62.9 Å². The minimum atomic E-state index is -0.407. The molecule has 1 amide bonds. The van der Waals surface area contributed by atoms with Crippen molar-refractivity contribution in [1.29, 1.82) is 0 Å². The zero-order valence-electron chi connectivity index (χ0n) is 20.7. The van der Waals surface area contributed by atoms with Crippen LogP contribution in [0.2, 0.25) is 0 Å². The number of likely N-dealkylation sites (tertiary alicyclic amines) is 1. The van der Waals surface area contributed by atoms with Gasteiger partial charge in [0.05, 0.1) is 18.6 Å². The molecule has 0 radical (unpaired) electrons. The van der Waals surface area contributed by atoms with E-state index in [4.69, 9.17) is 14.7 Å². The molecule has 4 rings (SSSR count). The Bertz CT molecular complexity index is 1090. The first-order chi connectivity index (χ1) is 16.2. The fourth-order valence-electron chi connectivity index (χ4n) is 4.17. The average Bonchev–Trinajstić information content (AvgIpc) is 3.18. The summed E-state index contributed by atoms with van der Waals surface area (Å²) in [7, 11) is 3.75. The fourth-order valence-corrected chi connectivity index (χ4v) is 5.05. The summed E-state index contributed by atoms with van der Waals surface area (Å²) < 4.78 is 5.25. The van der Waals surface area contributed by atoms with Gasteiger partial charge in [-0.3, -0.25) is 9.79 Å². The number of methoxy groups -OCH3 is 1. The number of aliphatic imine (C=N–C) groups is 2. The first-order valence-corrected chi connectivity index (χ1v) is 12.7. The number of hydrogen-bond acceptors (Lipinski definition) is 6. The molecule has 0 aliphatic carbocycles. The van der Waals surface area contributed by atoms with Crippen molar-refractivity contribution in [3.8, 4) is 5.75 Å². The van der Waals surface area contributed by atoms with Gasteiger partial charge in [-0.15, -0.1) is 0 Å². The standard InChI is InChI=1S/C27H34N4O2S/c1-26(2,3)20-11-9-19(10-12-20)24-25(30-27(29-24)13-15-31(4)16-14-27)34-18-23(32)28-21-7-6-8-22(17-21)33-5/h6-12,17H,13-16,18H2,1-5H3,(H,28,32). The molecule has 6 nitrogen and oxygen atoms in total. The Kier molecular flexibility index (Phi) is 7.14. The van der Waals surface area contributed by atoms with E-state index in [1.54, 1.807) is 7.11 Å². The smallest absolute Gasteiger partial charge is 0.234 e. The second-order valence-electron chi connectivity index (χ2n) is 10.1. The summed E-state index contributed by atoms with van der Waals surface area (Å²) in [6, 6.07) is 16.0. The minimum Gasteiger partial charge on any atom is -0.497 e. The van der Waals surface area contributed by atoms with E-state index in [2.05, 4.69) is 62.3 Å². The van der Waals surface area contributed by atoms with Gasteiger partial charge < -0.3 is 15.0 Å². The largest absolute Gasteiger partial charge is 0.497 e. The van der Waals surface area contributed by atoms with Crippen LogP contribution in [-0.4, -0.2) is 60.2 Å². The molecule has 0 saturated carbocycles. The molecular formula is C27H34N4O2S. The third-order valence-electron chi connectivity index (χ3n) is 6.34. The summed E-state index contributed by atoms with van der Waals surface area (Å²) >= 11 is 1.46. The number of nitrogens with one attached hydrogen (secondary N) is 1. The molecule has 1 saturated heterocycles. The highest BCUT2D eigenvalue weighted by atomic mass is 32.2. The van der Waals surface area contributed by atoms with E-state index < -0.39 is 5.66 Å². The molecule has 1 fully saturated rings. The van der Waals surface area contributed by atoms with Crippen LogP contribution in [0.25, 0.3) is 0 Å². The molecule has 2 aromatic rings. The van der Waals surface area contributed by atoms with Crippen molar-refractivity contribution < 1.29 is 9.53 Å².